The van der Waals surface area contributed by atoms with E-state index >= 15 is 0 Å². The van der Waals surface area contributed by atoms with E-state index in [0.717, 1.165) is 5.56 Å². The second-order valence-corrected chi connectivity index (χ2v) is 5.45. The Morgan fingerprint density at radius 3 is 2.80 bits per heavy atom. The summed E-state index contributed by atoms with van der Waals surface area (Å²) >= 11 is 0. The van der Waals surface area contributed by atoms with Crippen LogP contribution in [0.1, 0.15) is 33.3 Å². The molecule has 5 nitrogen and oxygen atoms in total. The van der Waals surface area contributed by atoms with Crippen LogP contribution < -0.4 is 10.1 Å². The van der Waals surface area contributed by atoms with Gasteiger partial charge in [0.25, 0.3) is 0 Å². The van der Waals surface area contributed by atoms with Crippen LogP contribution >= 0.6 is 0 Å². The van der Waals surface area contributed by atoms with Gasteiger partial charge in [0.15, 0.2) is 0 Å². The lowest BCUT2D eigenvalue weighted by molar-refractivity contribution is 0.0523. The summed E-state index contributed by atoms with van der Waals surface area (Å²) in [5.74, 6) is 0.331. The van der Waals surface area contributed by atoms with Gasteiger partial charge in [-0.3, -0.25) is 0 Å². The molecular weight excluding hydrogens is 263 g/mol. The molecule has 0 aliphatic carbocycles. The number of aromatic nitrogens is 1. The van der Waals surface area contributed by atoms with Crippen molar-refractivity contribution < 1.29 is 18.7 Å². The third-order valence-corrected chi connectivity index (χ3v) is 2.10. The molecule has 1 N–H and O–H groups in total. The van der Waals surface area contributed by atoms with Crippen molar-refractivity contribution in [3.8, 4) is 5.88 Å². The molecule has 0 saturated carbocycles. The quantitative estimate of drug-likeness (QED) is 0.903. The molecule has 0 fully saturated rings. The average molecular weight is 284 g/mol. The summed E-state index contributed by atoms with van der Waals surface area (Å²) in [5, 5.41) is 2.63. The summed E-state index contributed by atoms with van der Waals surface area (Å²) in [4.78, 5) is 15.5. The molecule has 0 spiro atoms. The van der Waals surface area contributed by atoms with Crippen LogP contribution in [0, 0.1) is 0 Å². The van der Waals surface area contributed by atoms with Gasteiger partial charge in [-0.25, -0.2) is 14.2 Å². The second kappa shape index (κ2) is 7.07. The zero-order valence-corrected chi connectivity index (χ0v) is 12.3. The summed E-state index contributed by atoms with van der Waals surface area (Å²) in [5.41, 5.74) is 0.265. The Hall–Kier alpha value is -1.85. The fourth-order valence-corrected chi connectivity index (χ4v) is 1.33. The summed E-state index contributed by atoms with van der Waals surface area (Å²) < 4.78 is 23.0. The third-order valence-electron chi connectivity index (χ3n) is 2.10. The number of pyridine rings is 1. The fraction of sp³-hybridized carbons (Fsp3) is 0.571. The molecule has 0 aliphatic heterocycles. The normalized spacial score (nSPS) is 12.7. The first-order chi connectivity index (χ1) is 9.26. The summed E-state index contributed by atoms with van der Waals surface area (Å²) in [7, 11) is 0. The fourth-order valence-electron chi connectivity index (χ4n) is 1.33. The van der Waals surface area contributed by atoms with E-state index in [9.17, 15) is 9.18 Å². The molecule has 1 aromatic heterocycles. The smallest absolute Gasteiger partial charge is 0.407 e. The number of hydrogen-bond donors (Lipinski definition) is 1. The number of nitrogens with zero attached hydrogens (tertiary/aromatic N) is 1. The van der Waals surface area contributed by atoms with Gasteiger partial charge in [-0.2, -0.15) is 0 Å². The lowest BCUT2D eigenvalue weighted by Gasteiger charge is -2.19. The number of nitrogens with one attached hydrogen (secondary N) is 1. The summed E-state index contributed by atoms with van der Waals surface area (Å²) in [6, 6.07) is 3.39. The van der Waals surface area contributed by atoms with Gasteiger partial charge < -0.3 is 14.8 Å². The van der Waals surface area contributed by atoms with Crippen molar-refractivity contribution in [1.29, 1.82) is 0 Å². The van der Waals surface area contributed by atoms with E-state index in [4.69, 9.17) is 9.47 Å². The van der Waals surface area contributed by atoms with Gasteiger partial charge in [-0.15, -0.1) is 0 Å². The van der Waals surface area contributed by atoms with Crippen LogP contribution in [0.4, 0.5) is 9.18 Å². The Labute approximate surface area is 118 Å². The van der Waals surface area contributed by atoms with E-state index in [1.807, 2.05) is 0 Å². The SMILES string of the molecule is C[C@@H](F)COc1cc(CNC(=O)OC(C)(C)C)ccn1. The molecule has 0 aliphatic rings. The molecule has 6 heteroatoms. The number of hydrogen-bond acceptors (Lipinski definition) is 4. The van der Waals surface area contributed by atoms with Crippen molar-refractivity contribution in [2.24, 2.45) is 0 Å². The predicted molar refractivity (Wildman–Crippen MR) is 73.4 cm³/mol. The zero-order valence-electron chi connectivity index (χ0n) is 12.3. The van der Waals surface area contributed by atoms with Crippen LogP contribution in [0.5, 0.6) is 5.88 Å². The second-order valence-electron chi connectivity index (χ2n) is 5.45. The highest BCUT2D eigenvalue weighted by Gasteiger charge is 2.15. The van der Waals surface area contributed by atoms with Crippen molar-refractivity contribution >= 4 is 6.09 Å². The van der Waals surface area contributed by atoms with Gasteiger partial charge in [-0.1, -0.05) is 0 Å². The van der Waals surface area contributed by atoms with Gasteiger partial charge in [0, 0.05) is 18.8 Å². The maximum absolute atomic E-state index is 12.7. The molecule has 1 aromatic rings. The zero-order chi connectivity index (χ0) is 15.2. The number of carbonyl (C=O) groups is 1. The number of alkyl halides is 1. The Morgan fingerprint density at radius 1 is 1.50 bits per heavy atom. The van der Waals surface area contributed by atoms with Crippen LogP contribution in [0.3, 0.4) is 0 Å². The van der Waals surface area contributed by atoms with E-state index in [1.165, 1.54) is 6.92 Å². The monoisotopic (exact) mass is 284 g/mol. The number of amides is 1. The van der Waals surface area contributed by atoms with Crippen LogP contribution in [0.25, 0.3) is 0 Å². The van der Waals surface area contributed by atoms with E-state index in [0.29, 0.717) is 12.4 Å². The summed E-state index contributed by atoms with van der Waals surface area (Å²) in [6.07, 6.45) is -0.000786. The van der Waals surface area contributed by atoms with Gasteiger partial charge in [0.05, 0.1) is 0 Å². The summed E-state index contributed by atoms with van der Waals surface area (Å²) in [6.45, 7) is 7.04. The maximum Gasteiger partial charge on any atom is 0.407 e. The minimum absolute atomic E-state index is 0.0457. The van der Waals surface area contributed by atoms with Crippen LogP contribution in [0.15, 0.2) is 18.3 Å². The molecule has 0 saturated heterocycles. The minimum Gasteiger partial charge on any atom is -0.475 e. The Bertz CT molecular complexity index is 444. The number of alkyl carbamates (subject to hydrolysis) is 1. The highest BCUT2D eigenvalue weighted by atomic mass is 19.1. The predicted octanol–water partition coefficient (Wildman–Crippen LogP) is 2.84. The Morgan fingerprint density at radius 2 is 2.20 bits per heavy atom. The molecule has 0 bridgehead atoms. The minimum atomic E-state index is -1.06. The third kappa shape index (κ3) is 6.92. The standard InChI is InChI=1S/C14H21FN2O3/c1-10(15)9-19-12-7-11(5-6-16-12)8-17-13(18)20-14(2,3)4/h5-7,10H,8-9H2,1-4H3,(H,17,18)/t10-/m1/s1. The molecule has 1 rings (SSSR count). The largest absolute Gasteiger partial charge is 0.475 e. The van der Waals surface area contributed by atoms with Crippen molar-refractivity contribution in [2.45, 2.75) is 46.0 Å². The first kappa shape index (κ1) is 16.2. The lowest BCUT2D eigenvalue weighted by Crippen LogP contribution is -2.32. The Balaban J connectivity index is 2.48. The topological polar surface area (TPSA) is 60.5 Å². The first-order valence-electron chi connectivity index (χ1n) is 6.45. The molecule has 1 amide bonds. The average Bonchev–Trinajstić information content (AvgIpc) is 2.32. The van der Waals surface area contributed by atoms with Crippen LogP contribution in [-0.2, 0) is 11.3 Å². The van der Waals surface area contributed by atoms with Crippen molar-refractivity contribution in [2.75, 3.05) is 6.61 Å². The molecule has 1 atom stereocenters. The van der Waals surface area contributed by atoms with E-state index in [2.05, 4.69) is 10.3 Å². The highest BCUT2D eigenvalue weighted by molar-refractivity contribution is 5.67. The van der Waals surface area contributed by atoms with Crippen molar-refractivity contribution in [3.05, 3.63) is 23.9 Å². The van der Waals surface area contributed by atoms with Gasteiger partial charge in [0.2, 0.25) is 5.88 Å². The lowest BCUT2D eigenvalue weighted by atomic mass is 10.2. The highest BCUT2D eigenvalue weighted by Crippen LogP contribution is 2.11. The molecule has 0 unspecified atom stereocenters. The maximum atomic E-state index is 12.7. The van der Waals surface area contributed by atoms with Crippen molar-refractivity contribution in [1.82, 2.24) is 10.3 Å². The number of rotatable bonds is 5. The van der Waals surface area contributed by atoms with Crippen LogP contribution in [-0.4, -0.2) is 29.5 Å². The number of carbonyl (C=O) groups excluding carboxylic acids is 1. The number of halogens is 1. The molecule has 20 heavy (non-hydrogen) atoms. The van der Waals surface area contributed by atoms with Gasteiger partial charge >= 0.3 is 6.09 Å². The van der Waals surface area contributed by atoms with Gasteiger partial charge in [-0.05, 0) is 39.3 Å². The Kier molecular flexibility index (Phi) is 5.73. The van der Waals surface area contributed by atoms with Gasteiger partial charge in [0.1, 0.15) is 18.4 Å². The van der Waals surface area contributed by atoms with E-state index < -0.39 is 17.9 Å². The molecule has 1 heterocycles. The molecular formula is C14H21FN2O3. The van der Waals surface area contributed by atoms with E-state index in [-0.39, 0.29) is 6.61 Å². The van der Waals surface area contributed by atoms with E-state index in [1.54, 1.807) is 39.1 Å². The number of ether oxygens (including phenoxy) is 2. The molecule has 0 radical (unpaired) electrons. The van der Waals surface area contributed by atoms with Crippen molar-refractivity contribution in [3.63, 3.8) is 0 Å². The van der Waals surface area contributed by atoms with Crippen LogP contribution in [0.2, 0.25) is 0 Å². The first-order valence-corrected chi connectivity index (χ1v) is 6.45. The molecule has 0 aromatic carbocycles. The molecule has 112 valence electrons.